The zero-order valence-electron chi connectivity index (χ0n) is 13.8. The van der Waals surface area contributed by atoms with Gasteiger partial charge in [-0.1, -0.05) is 30.3 Å². The number of amides is 1. The van der Waals surface area contributed by atoms with E-state index in [0.29, 0.717) is 12.2 Å². The van der Waals surface area contributed by atoms with Gasteiger partial charge in [-0.15, -0.1) is 0 Å². The quantitative estimate of drug-likeness (QED) is 0.771. The van der Waals surface area contributed by atoms with E-state index in [4.69, 9.17) is 4.74 Å². The summed E-state index contributed by atoms with van der Waals surface area (Å²) in [7, 11) is 0. The van der Waals surface area contributed by atoms with Gasteiger partial charge in [0.25, 0.3) is 5.91 Å². The van der Waals surface area contributed by atoms with E-state index in [0.717, 1.165) is 5.56 Å². The highest BCUT2D eigenvalue weighted by Gasteiger charge is 2.21. The monoisotopic (exact) mass is 345 g/mol. The van der Waals surface area contributed by atoms with Crippen molar-refractivity contribution in [3.8, 4) is 5.75 Å². The molecule has 0 saturated carbocycles. The highest BCUT2D eigenvalue weighted by molar-refractivity contribution is 5.81. The van der Waals surface area contributed by atoms with Crippen LogP contribution in [0.2, 0.25) is 0 Å². The molecule has 2 aromatic carbocycles. The number of carbonyl (C=O) groups excluding carboxylic acids is 1. The van der Waals surface area contributed by atoms with E-state index in [1.54, 1.807) is 6.92 Å². The van der Waals surface area contributed by atoms with E-state index in [1.807, 2.05) is 30.3 Å². The largest absolute Gasteiger partial charge is 0.481 e. The fourth-order valence-corrected chi connectivity index (χ4v) is 2.28. The van der Waals surface area contributed by atoms with Gasteiger partial charge in [0.2, 0.25) is 0 Å². The highest BCUT2D eigenvalue weighted by Crippen LogP contribution is 2.13. The Bertz CT molecular complexity index is 703. The molecule has 5 nitrogen and oxygen atoms in total. The van der Waals surface area contributed by atoms with Crippen LogP contribution in [0.5, 0.6) is 5.75 Å². The average molecular weight is 345 g/mol. The predicted octanol–water partition coefficient (Wildman–Crippen LogP) is 2.65. The summed E-state index contributed by atoms with van der Waals surface area (Å²) in [4.78, 5) is 23.5. The first-order chi connectivity index (χ1) is 12.0. The van der Waals surface area contributed by atoms with E-state index in [9.17, 15) is 19.1 Å². The maximum Gasteiger partial charge on any atom is 0.308 e. The molecule has 2 aromatic rings. The summed E-state index contributed by atoms with van der Waals surface area (Å²) in [5.41, 5.74) is 0.889. The van der Waals surface area contributed by atoms with Crippen LogP contribution in [0.3, 0.4) is 0 Å². The zero-order chi connectivity index (χ0) is 18.2. The van der Waals surface area contributed by atoms with Crippen molar-refractivity contribution in [3.05, 3.63) is 66.0 Å². The fourth-order valence-electron chi connectivity index (χ4n) is 2.28. The predicted molar refractivity (Wildman–Crippen MR) is 90.8 cm³/mol. The van der Waals surface area contributed by atoms with Crippen molar-refractivity contribution in [1.82, 2.24) is 5.32 Å². The smallest absolute Gasteiger partial charge is 0.308 e. The third-order valence-corrected chi connectivity index (χ3v) is 3.69. The standard InChI is InChI=1S/C19H20FNO4/c1-13(25-17-9-7-16(20)8-10-17)18(22)21-12-15(19(23)24)11-14-5-3-2-4-6-14/h2-10,13,15H,11-12H2,1H3,(H,21,22)(H,23,24). The lowest BCUT2D eigenvalue weighted by Crippen LogP contribution is -2.40. The first-order valence-electron chi connectivity index (χ1n) is 7.92. The lowest BCUT2D eigenvalue weighted by molar-refractivity contribution is -0.141. The average Bonchev–Trinajstić information content (AvgIpc) is 2.60. The molecule has 2 rings (SSSR count). The highest BCUT2D eigenvalue weighted by atomic mass is 19.1. The lowest BCUT2D eigenvalue weighted by atomic mass is 9.99. The van der Waals surface area contributed by atoms with Crippen LogP contribution < -0.4 is 10.1 Å². The van der Waals surface area contributed by atoms with E-state index in [-0.39, 0.29) is 6.54 Å². The minimum atomic E-state index is -0.976. The molecular weight excluding hydrogens is 325 g/mol. The molecule has 0 heterocycles. The Labute approximate surface area is 145 Å². The normalized spacial score (nSPS) is 12.9. The van der Waals surface area contributed by atoms with E-state index in [2.05, 4.69) is 5.32 Å². The SMILES string of the molecule is CC(Oc1ccc(F)cc1)C(=O)NCC(Cc1ccccc1)C(=O)O. The Morgan fingerprint density at radius 1 is 1.12 bits per heavy atom. The third-order valence-electron chi connectivity index (χ3n) is 3.69. The van der Waals surface area contributed by atoms with Crippen LogP contribution in [0, 0.1) is 11.7 Å². The van der Waals surface area contributed by atoms with Crippen molar-refractivity contribution in [2.45, 2.75) is 19.4 Å². The molecule has 0 aliphatic rings. The van der Waals surface area contributed by atoms with Crippen molar-refractivity contribution >= 4 is 11.9 Å². The van der Waals surface area contributed by atoms with Gasteiger partial charge in [-0.05, 0) is 43.2 Å². The summed E-state index contributed by atoms with van der Waals surface area (Å²) in [5, 5.41) is 11.9. The van der Waals surface area contributed by atoms with Crippen molar-refractivity contribution in [1.29, 1.82) is 0 Å². The molecule has 0 aliphatic carbocycles. The number of benzene rings is 2. The number of halogens is 1. The van der Waals surface area contributed by atoms with Gasteiger partial charge in [0, 0.05) is 6.54 Å². The number of carboxylic acids is 1. The summed E-state index contributed by atoms with van der Waals surface area (Å²) in [6, 6.07) is 14.5. The second-order valence-electron chi connectivity index (χ2n) is 5.68. The van der Waals surface area contributed by atoms with E-state index < -0.39 is 29.7 Å². The number of carbonyl (C=O) groups is 2. The molecule has 0 aliphatic heterocycles. The zero-order valence-corrected chi connectivity index (χ0v) is 13.8. The molecule has 2 unspecified atom stereocenters. The molecule has 0 spiro atoms. The topological polar surface area (TPSA) is 75.6 Å². The Morgan fingerprint density at radius 2 is 1.76 bits per heavy atom. The molecule has 0 bridgehead atoms. The van der Waals surface area contributed by atoms with E-state index >= 15 is 0 Å². The first kappa shape index (κ1) is 18.4. The van der Waals surface area contributed by atoms with E-state index in [1.165, 1.54) is 24.3 Å². The maximum absolute atomic E-state index is 12.9. The summed E-state index contributed by atoms with van der Waals surface area (Å²) >= 11 is 0. The fraction of sp³-hybridized carbons (Fsp3) is 0.263. The summed E-state index contributed by atoms with van der Waals surface area (Å²) in [6.45, 7) is 1.55. The number of nitrogens with one attached hydrogen (secondary N) is 1. The summed E-state index contributed by atoms with van der Waals surface area (Å²) < 4.78 is 18.3. The molecule has 0 saturated heterocycles. The molecule has 6 heteroatoms. The van der Waals surface area contributed by atoms with Gasteiger partial charge in [0.15, 0.2) is 6.10 Å². The molecular formula is C19H20FNO4. The molecule has 0 radical (unpaired) electrons. The van der Waals surface area contributed by atoms with Crippen LogP contribution in [0.15, 0.2) is 54.6 Å². The van der Waals surface area contributed by atoms with Crippen LogP contribution in [-0.2, 0) is 16.0 Å². The van der Waals surface area contributed by atoms with Crippen LogP contribution in [0.1, 0.15) is 12.5 Å². The van der Waals surface area contributed by atoms with Gasteiger partial charge in [0.05, 0.1) is 5.92 Å². The minimum absolute atomic E-state index is 0.000177. The third kappa shape index (κ3) is 5.91. The van der Waals surface area contributed by atoms with Gasteiger partial charge < -0.3 is 15.2 Å². The first-order valence-corrected chi connectivity index (χ1v) is 7.92. The Hall–Kier alpha value is -2.89. The Morgan fingerprint density at radius 3 is 2.36 bits per heavy atom. The number of aliphatic carboxylic acids is 1. The number of rotatable bonds is 8. The second kappa shape index (κ2) is 8.82. The van der Waals surface area contributed by atoms with Crippen molar-refractivity contribution < 1.29 is 23.8 Å². The minimum Gasteiger partial charge on any atom is -0.481 e. The van der Waals surface area contributed by atoms with Crippen LogP contribution in [0.4, 0.5) is 4.39 Å². The van der Waals surface area contributed by atoms with Gasteiger partial charge >= 0.3 is 5.97 Å². The van der Waals surface area contributed by atoms with Gasteiger partial charge in [-0.2, -0.15) is 0 Å². The number of hydrogen-bond donors (Lipinski definition) is 2. The lowest BCUT2D eigenvalue weighted by Gasteiger charge is -2.17. The van der Waals surface area contributed by atoms with Gasteiger partial charge in [-0.3, -0.25) is 9.59 Å². The summed E-state index contributed by atoms with van der Waals surface area (Å²) in [5.74, 6) is -2.16. The number of carboxylic acid groups (broad SMARTS) is 1. The van der Waals surface area contributed by atoms with Crippen molar-refractivity contribution in [2.24, 2.45) is 5.92 Å². The molecule has 2 atom stereocenters. The molecule has 1 amide bonds. The molecule has 0 fully saturated rings. The van der Waals surface area contributed by atoms with Crippen LogP contribution in [-0.4, -0.2) is 29.6 Å². The van der Waals surface area contributed by atoms with Gasteiger partial charge in [-0.25, -0.2) is 4.39 Å². The molecule has 25 heavy (non-hydrogen) atoms. The van der Waals surface area contributed by atoms with Gasteiger partial charge in [0.1, 0.15) is 11.6 Å². The molecule has 2 N–H and O–H groups in total. The Kier molecular flexibility index (Phi) is 6.51. The maximum atomic E-state index is 12.9. The van der Waals surface area contributed by atoms with Crippen LogP contribution in [0.25, 0.3) is 0 Å². The number of ether oxygens (including phenoxy) is 1. The van der Waals surface area contributed by atoms with Crippen LogP contribution >= 0.6 is 0 Å². The number of hydrogen-bond acceptors (Lipinski definition) is 3. The van der Waals surface area contributed by atoms with Crippen molar-refractivity contribution in [3.63, 3.8) is 0 Å². The summed E-state index contributed by atoms with van der Waals surface area (Å²) in [6.07, 6.45) is -0.499. The Balaban J connectivity index is 1.87. The molecule has 0 aromatic heterocycles. The molecule has 132 valence electrons. The van der Waals surface area contributed by atoms with Crippen molar-refractivity contribution in [2.75, 3.05) is 6.54 Å². The second-order valence-corrected chi connectivity index (χ2v) is 5.68.